The Balaban J connectivity index is 2.15. The summed E-state index contributed by atoms with van der Waals surface area (Å²) in [4.78, 5) is 3.21. The van der Waals surface area contributed by atoms with Crippen molar-refractivity contribution in [3.63, 3.8) is 0 Å². The lowest BCUT2D eigenvalue weighted by molar-refractivity contribution is 0.280. The van der Waals surface area contributed by atoms with Gasteiger partial charge in [0.15, 0.2) is 0 Å². The van der Waals surface area contributed by atoms with E-state index in [9.17, 15) is 4.39 Å². The summed E-state index contributed by atoms with van der Waals surface area (Å²) in [6, 6.07) is 5.38. The molecule has 0 saturated heterocycles. The highest BCUT2D eigenvalue weighted by Gasteiger charge is 2.23. The summed E-state index contributed by atoms with van der Waals surface area (Å²) in [5.41, 5.74) is 1.10. The molecule has 2 nitrogen and oxygen atoms in total. The number of halogens is 1. The van der Waals surface area contributed by atoms with E-state index in [-0.39, 0.29) is 12.4 Å². The first-order chi connectivity index (χ1) is 7.72. The molecule has 1 heterocycles. The fraction of sp³-hybridized carbons (Fsp3) is 0.500. The van der Waals surface area contributed by atoms with Crippen LogP contribution in [-0.2, 0) is 0 Å². The number of rotatable bonds is 3. The summed E-state index contributed by atoms with van der Waals surface area (Å²) in [7, 11) is 2.04. The Morgan fingerprint density at radius 1 is 1.56 bits per heavy atom. The fourth-order valence-corrected chi connectivity index (χ4v) is 3.31. The Morgan fingerprint density at radius 2 is 2.38 bits per heavy atom. The van der Waals surface area contributed by atoms with E-state index in [1.165, 1.54) is 6.07 Å². The molecule has 0 fully saturated rings. The summed E-state index contributed by atoms with van der Waals surface area (Å²) in [6.07, 6.45) is 1.81. The molecule has 88 valence electrons. The minimum Gasteiger partial charge on any atom is -0.396 e. The van der Waals surface area contributed by atoms with Crippen molar-refractivity contribution in [1.82, 2.24) is 0 Å². The lowest BCUT2D eigenvalue weighted by Crippen LogP contribution is -2.36. The first kappa shape index (κ1) is 11.7. The van der Waals surface area contributed by atoms with Crippen LogP contribution in [0.5, 0.6) is 0 Å². The zero-order chi connectivity index (χ0) is 11.5. The van der Waals surface area contributed by atoms with Gasteiger partial charge >= 0.3 is 0 Å². The Kier molecular flexibility index (Phi) is 3.71. The van der Waals surface area contributed by atoms with Crippen LogP contribution in [0, 0.1) is 5.82 Å². The van der Waals surface area contributed by atoms with Gasteiger partial charge in [0.05, 0.1) is 5.69 Å². The lowest BCUT2D eigenvalue weighted by atomic mass is 10.1. The number of benzene rings is 1. The van der Waals surface area contributed by atoms with Gasteiger partial charge in [0.1, 0.15) is 5.82 Å². The molecular weight excluding hydrogens is 225 g/mol. The summed E-state index contributed by atoms with van der Waals surface area (Å²) in [6.45, 7) is 0.241. The van der Waals surface area contributed by atoms with Crippen LogP contribution in [0.15, 0.2) is 23.1 Å². The van der Waals surface area contributed by atoms with E-state index in [0.717, 1.165) is 29.2 Å². The van der Waals surface area contributed by atoms with Gasteiger partial charge in [0.2, 0.25) is 0 Å². The largest absolute Gasteiger partial charge is 0.396 e. The highest BCUT2D eigenvalue weighted by atomic mass is 32.2. The predicted octanol–water partition coefficient (Wildman–Crippen LogP) is 2.51. The smallest absolute Gasteiger partial charge is 0.124 e. The lowest BCUT2D eigenvalue weighted by Gasteiger charge is -2.35. The topological polar surface area (TPSA) is 23.5 Å². The molecule has 0 saturated carbocycles. The van der Waals surface area contributed by atoms with Crippen LogP contribution < -0.4 is 4.90 Å². The van der Waals surface area contributed by atoms with Crippen LogP contribution in [0.3, 0.4) is 0 Å². The van der Waals surface area contributed by atoms with Crippen molar-refractivity contribution in [1.29, 1.82) is 0 Å². The molecule has 1 aliphatic rings. The molecule has 0 aliphatic carbocycles. The highest BCUT2D eigenvalue weighted by molar-refractivity contribution is 7.99. The quantitative estimate of drug-likeness (QED) is 0.879. The summed E-state index contributed by atoms with van der Waals surface area (Å²) < 4.78 is 13.1. The SMILES string of the molecule is CN1c2ccc(F)cc2SCC1CCCO. The molecule has 1 aliphatic heterocycles. The van der Waals surface area contributed by atoms with E-state index in [1.54, 1.807) is 17.8 Å². The third kappa shape index (κ3) is 2.33. The fourth-order valence-electron chi connectivity index (χ4n) is 1.99. The Labute approximate surface area is 99.5 Å². The van der Waals surface area contributed by atoms with Crippen molar-refractivity contribution in [3.05, 3.63) is 24.0 Å². The van der Waals surface area contributed by atoms with E-state index >= 15 is 0 Å². The van der Waals surface area contributed by atoms with Crippen LogP contribution in [-0.4, -0.2) is 30.6 Å². The van der Waals surface area contributed by atoms with Gasteiger partial charge < -0.3 is 10.0 Å². The number of aliphatic hydroxyl groups excluding tert-OH is 1. The van der Waals surface area contributed by atoms with E-state index in [0.29, 0.717) is 6.04 Å². The molecule has 2 rings (SSSR count). The molecule has 0 spiro atoms. The number of aliphatic hydroxyl groups is 1. The maximum absolute atomic E-state index is 13.1. The van der Waals surface area contributed by atoms with Crippen molar-refractivity contribution in [3.8, 4) is 0 Å². The molecule has 0 aromatic heterocycles. The molecule has 4 heteroatoms. The second kappa shape index (κ2) is 5.06. The number of hydrogen-bond acceptors (Lipinski definition) is 3. The van der Waals surface area contributed by atoms with Gasteiger partial charge in [0, 0.05) is 30.3 Å². The molecule has 1 unspecified atom stereocenters. The van der Waals surface area contributed by atoms with E-state index in [2.05, 4.69) is 4.90 Å². The van der Waals surface area contributed by atoms with E-state index < -0.39 is 0 Å². The van der Waals surface area contributed by atoms with Gasteiger partial charge in [-0.3, -0.25) is 0 Å². The van der Waals surface area contributed by atoms with Gasteiger partial charge in [-0.15, -0.1) is 11.8 Å². The average molecular weight is 241 g/mol. The van der Waals surface area contributed by atoms with Crippen molar-refractivity contribution in [2.75, 3.05) is 24.3 Å². The Hall–Kier alpha value is -0.740. The van der Waals surface area contributed by atoms with Gasteiger partial charge in [-0.1, -0.05) is 0 Å². The summed E-state index contributed by atoms with van der Waals surface area (Å²) >= 11 is 1.70. The summed E-state index contributed by atoms with van der Waals surface area (Å²) in [5, 5.41) is 8.84. The highest BCUT2D eigenvalue weighted by Crippen LogP contribution is 2.37. The molecule has 1 atom stereocenters. The normalized spacial score (nSPS) is 19.7. The van der Waals surface area contributed by atoms with Crippen molar-refractivity contribution in [2.45, 2.75) is 23.8 Å². The third-order valence-corrected chi connectivity index (χ3v) is 4.17. The Morgan fingerprint density at radius 3 is 3.12 bits per heavy atom. The molecule has 1 aromatic rings. The molecular formula is C12H16FNOS. The standard InChI is InChI=1S/C12H16FNOS/c1-14-10(3-2-6-15)8-16-12-7-9(13)4-5-11(12)14/h4-5,7,10,15H,2-3,6,8H2,1H3. The number of nitrogens with zero attached hydrogens (tertiary/aromatic N) is 1. The minimum absolute atomic E-state index is 0.173. The monoisotopic (exact) mass is 241 g/mol. The molecule has 1 N–H and O–H groups in total. The van der Waals surface area contributed by atoms with Gasteiger partial charge in [-0.2, -0.15) is 0 Å². The van der Waals surface area contributed by atoms with Crippen LogP contribution in [0.1, 0.15) is 12.8 Å². The first-order valence-electron chi connectivity index (χ1n) is 5.48. The second-order valence-corrected chi connectivity index (χ2v) is 5.12. The van der Waals surface area contributed by atoms with Crippen LogP contribution >= 0.6 is 11.8 Å². The first-order valence-corrected chi connectivity index (χ1v) is 6.47. The van der Waals surface area contributed by atoms with Crippen LogP contribution in [0.2, 0.25) is 0 Å². The Bertz CT molecular complexity index is 372. The molecule has 1 aromatic carbocycles. The third-order valence-electron chi connectivity index (χ3n) is 2.98. The second-order valence-electron chi connectivity index (χ2n) is 4.05. The zero-order valence-corrected chi connectivity index (χ0v) is 10.1. The summed E-state index contributed by atoms with van der Waals surface area (Å²) in [5.74, 6) is 0.793. The van der Waals surface area contributed by atoms with Crippen molar-refractivity contribution >= 4 is 17.4 Å². The minimum atomic E-state index is -0.173. The molecule has 16 heavy (non-hydrogen) atoms. The number of anilines is 1. The van der Waals surface area contributed by atoms with Crippen LogP contribution in [0.4, 0.5) is 10.1 Å². The molecule has 0 amide bonds. The van der Waals surface area contributed by atoms with Gasteiger partial charge in [0.25, 0.3) is 0 Å². The maximum atomic E-state index is 13.1. The number of thioether (sulfide) groups is 1. The number of hydrogen-bond donors (Lipinski definition) is 1. The van der Waals surface area contributed by atoms with Crippen LogP contribution in [0.25, 0.3) is 0 Å². The van der Waals surface area contributed by atoms with E-state index in [4.69, 9.17) is 5.11 Å². The van der Waals surface area contributed by atoms with E-state index in [1.807, 2.05) is 13.1 Å². The van der Waals surface area contributed by atoms with Gasteiger partial charge in [-0.25, -0.2) is 4.39 Å². The number of fused-ring (bicyclic) bond motifs is 1. The van der Waals surface area contributed by atoms with Gasteiger partial charge in [-0.05, 0) is 31.0 Å². The van der Waals surface area contributed by atoms with Crippen molar-refractivity contribution in [2.24, 2.45) is 0 Å². The zero-order valence-electron chi connectivity index (χ0n) is 9.32. The van der Waals surface area contributed by atoms with Crippen molar-refractivity contribution < 1.29 is 9.50 Å². The molecule has 0 bridgehead atoms. The maximum Gasteiger partial charge on any atom is 0.124 e. The predicted molar refractivity (Wildman–Crippen MR) is 65.6 cm³/mol. The molecule has 0 radical (unpaired) electrons. The average Bonchev–Trinajstić information content (AvgIpc) is 2.28.